The number of amides is 3. The van der Waals surface area contributed by atoms with Crippen LogP contribution in [0.15, 0.2) is 24.3 Å². The number of likely N-dealkylation sites (tertiary alicyclic amines) is 1. The molecule has 1 fully saturated rings. The summed E-state index contributed by atoms with van der Waals surface area (Å²) in [4.78, 5) is 55.0. The minimum absolute atomic E-state index is 0.0623. The van der Waals surface area contributed by atoms with Crippen molar-refractivity contribution >= 4 is 23.9 Å². The standard InChI is InChI=1S/C24H34N2O9/c1-7-34-21(29)24(26(16-33-13-12-31-5)22(30)35-23(2,3)4)14-19(27)25(20(24)28)15-17-8-10-18(32-6)11-9-17/h8-11H,7,12-16H2,1-6H3/t24-/m1/s1. The lowest BCUT2D eigenvalue weighted by Gasteiger charge is -2.37. The zero-order valence-electron chi connectivity index (χ0n) is 21.1. The minimum atomic E-state index is -2.27. The number of ether oxygens (including phenoxy) is 5. The van der Waals surface area contributed by atoms with Crippen molar-refractivity contribution in [3.8, 4) is 5.75 Å². The number of carbonyl (C=O) groups is 4. The van der Waals surface area contributed by atoms with Gasteiger partial charge in [-0.1, -0.05) is 12.1 Å². The Morgan fingerprint density at radius 2 is 1.74 bits per heavy atom. The van der Waals surface area contributed by atoms with E-state index in [1.54, 1.807) is 52.0 Å². The van der Waals surface area contributed by atoms with Crippen molar-refractivity contribution < 1.29 is 42.9 Å². The molecule has 1 heterocycles. The van der Waals surface area contributed by atoms with Crippen LogP contribution < -0.4 is 4.74 Å². The van der Waals surface area contributed by atoms with Crippen LogP contribution in [0.1, 0.15) is 39.7 Å². The maximum absolute atomic E-state index is 13.7. The molecule has 1 aromatic rings. The van der Waals surface area contributed by atoms with E-state index in [1.165, 1.54) is 14.2 Å². The molecule has 1 saturated heterocycles. The van der Waals surface area contributed by atoms with Crippen LogP contribution in [0.25, 0.3) is 0 Å². The van der Waals surface area contributed by atoms with Crippen molar-refractivity contribution in [3.05, 3.63) is 29.8 Å². The van der Waals surface area contributed by atoms with E-state index in [4.69, 9.17) is 23.7 Å². The fourth-order valence-corrected chi connectivity index (χ4v) is 3.46. The van der Waals surface area contributed by atoms with Gasteiger partial charge in [0.25, 0.3) is 5.91 Å². The van der Waals surface area contributed by atoms with Gasteiger partial charge >= 0.3 is 12.1 Å². The number of benzene rings is 1. The lowest BCUT2D eigenvalue weighted by atomic mass is 9.95. The summed E-state index contributed by atoms with van der Waals surface area (Å²) in [7, 11) is 3.00. The topological polar surface area (TPSA) is 121 Å². The Morgan fingerprint density at radius 3 is 2.29 bits per heavy atom. The summed E-state index contributed by atoms with van der Waals surface area (Å²) in [6.07, 6.45) is -1.59. The first-order valence-corrected chi connectivity index (χ1v) is 11.2. The number of esters is 1. The Balaban J connectivity index is 2.46. The molecular weight excluding hydrogens is 460 g/mol. The predicted molar refractivity (Wildman–Crippen MR) is 123 cm³/mol. The molecule has 35 heavy (non-hydrogen) atoms. The number of nitrogens with zero attached hydrogens (tertiary/aromatic N) is 2. The highest BCUT2D eigenvalue weighted by Crippen LogP contribution is 2.34. The molecule has 0 radical (unpaired) electrons. The molecule has 11 heteroatoms. The summed E-state index contributed by atoms with van der Waals surface area (Å²) < 4.78 is 26.2. The zero-order chi connectivity index (χ0) is 26.2. The van der Waals surface area contributed by atoms with Gasteiger partial charge in [0.2, 0.25) is 11.4 Å². The largest absolute Gasteiger partial charge is 0.497 e. The van der Waals surface area contributed by atoms with Gasteiger partial charge in [0.1, 0.15) is 18.1 Å². The van der Waals surface area contributed by atoms with Crippen LogP contribution in [0.2, 0.25) is 0 Å². The fourth-order valence-electron chi connectivity index (χ4n) is 3.46. The van der Waals surface area contributed by atoms with E-state index < -0.39 is 48.2 Å². The van der Waals surface area contributed by atoms with Gasteiger partial charge in [-0.15, -0.1) is 0 Å². The molecule has 0 spiro atoms. The first-order chi connectivity index (χ1) is 16.5. The van der Waals surface area contributed by atoms with E-state index in [9.17, 15) is 19.2 Å². The average molecular weight is 495 g/mol. The van der Waals surface area contributed by atoms with Gasteiger partial charge in [-0.25, -0.2) is 9.59 Å². The molecule has 194 valence electrons. The lowest BCUT2D eigenvalue weighted by molar-refractivity contribution is -0.168. The molecule has 0 saturated carbocycles. The molecule has 0 unspecified atom stereocenters. The van der Waals surface area contributed by atoms with Gasteiger partial charge in [0.05, 0.1) is 39.9 Å². The Kier molecular flexibility index (Phi) is 9.61. The third kappa shape index (κ3) is 6.70. The Morgan fingerprint density at radius 1 is 1.09 bits per heavy atom. The quantitative estimate of drug-likeness (QED) is 0.150. The van der Waals surface area contributed by atoms with Crippen molar-refractivity contribution in [1.29, 1.82) is 0 Å². The summed E-state index contributed by atoms with van der Waals surface area (Å²) >= 11 is 0. The summed E-state index contributed by atoms with van der Waals surface area (Å²) in [5, 5.41) is 0. The number of imide groups is 1. The average Bonchev–Trinajstić information content (AvgIpc) is 3.04. The van der Waals surface area contributed by atoms with Crippen LogP contribution in [-0.4, -0.2) is 85.6 Å². The molecule has 0 aromatic heterocycles. The van der Waals surface area contributed by atoms with E-state index in [-0.39, 0.29) is 26.4 Å². The van der Waals surface area contributed by atoms with Gasteiger partial charge in [0.15, 0.2) is 0 Å². The molecule has 0 aliphatic carbocycles. The van der Waals surface area contributed by atoms with Crippen molar-refractivity contribution in [3.63, 3.8) is 0 Å². The van der Waals surface area contributed by atoms with Gasteiger partial charge in [-0.2, -0.15) is 0 Å². The molecule has 11 nitrogen and oxygen atoms in total. The number of rotatable bonds is 11. The van der Waals surface area contributed by atoms with Crippen LogP contribution in [0.3, 0.4) is 0 Å². The van der Waals surface area contributed by atoms with Crippen molar-refractivity contribution in [2.45, 2.75) is 51.8 Å². The first-order valence-electron chi connectivity index (χ1n) is 11.2. The second-order valence-corrected chi connectivity index (χ2v) is 8.83. The van der Waals surface area contributed by atoms with Gasteiger partial charge < -0.3 is 23.7 Å². The highest BCUT2D eigenvalue weighted by molar-refractivity contribution is 6.21. The second-order valence-electron chi connectivity index (χ2n) is 8.83. The third-order valence-corrected chi connectivity index (χ3v) is 5.15. The smallest absolute Gasteiger partial charge is 0.413 e. The molecule has 1 aromatic carbocycles. The van der Waals surface area contributed by atoms with Gasteiger partial charge in [0, 0.05) is 7.11 Å². The van der Waals surface area contributed by atoms with Crippen LogP contribution >= 0.6 is 0 Å². The van der Waals surface area contributed by atoms with Gasteiger partial charge in [-0.3, -0.25) is 19.4 Å². The molecule has 1 aliphatic rings. The van der Waals surface area contributed by atoms with E-state index in [0.717, 1.165) is 9.80 Å². The Labute approximate surface area is 205 Å². The van der Waals surface area contributed by atoms with Crippen LogP contribution in [0.5, 0.6) is 5.75 Å². The second kappa shape index (κ2) is 12.0. The normalized spacial score (nSPS) is 17.9. The van der Waals surface area contributed by atoms with Crippen LogP contribution in [0.4, 0.5) is 4.79 Å². The number of methoxy groups -OCH3 is 2. The number of hydrogen-bond acceptors (Lipinski definition) is 9. The fraction of sp³-hybridized carbons (Fsp3) is 0.583. The van der Waals surface area contributed by atoms with Crippen molar-refractivity contribution in [2.24, 2.45) is 0 Å². The third-order valence-electron chi connectivity index (χ3n) is 5.15. The van der Waals surface area contributed by atoms with E-state index >= 15 is 0 Å². The summed E-state index contributed by atoms with van der Waals surface area (Å²) in [6.45, 7) is 6.12. The molecule has 1 atom stereocenters. The van der Waals surface area contributed by atoms with Crippen molar-refractivity contribution in [1.82, 2.24) is 9.80 Å². The molecular formula is C24H34N2O9. The highest BCUT2D eigenvalue weighted by Gasteiger charge is 2.64. The number of carbonyl (C=O) groups excluding carboxylic acids is 4. The summed E-state index contributed by atoms with van der Waals surface area (Å²) in [5.41, 5.74) is -2.58. The molecule has 0 N–H and O–H groups in total. The monoisotopic (exact) mass is 494 g/mol. The highest BCUT2D eigenvalue weighted by atomic mass is 16.6. The van der Waals surface area contributed by atoms with Crippen LogP contribution in [0, 0.1) is 0 Å². The Bertz CT molecular complexity index is 911. The SMILES string of the molecule is CCOC(=O)[C@@]1(N(COCCOC)C(=O)OC(C)(C)C)CC(=O)N(Cc2ccc(OC)cc2)C1=O. The van der Waals surface area contributed by atoms with E-state index in [0.29, 0.717) is 11.3 Å². The first kappa shape index (κ1) is 28.1. The van der Waals surface area contributed by atoms with E-state index in [1.807, 2.05) is 0 Å². The lowest BCUT2D eigenvalue weighted by Crippen LogP contribution is -2.63. The molecule has 3 amide bonds. The summed E-state index contributed by atoms with van der Waals surface area (Å²) in [5.74, 6) is -1.95. The number of hydrogen-bond donors (Lipinski definition) is 0. The maximum Gasteiger partial charge on any atom is 0.413 e. The maximum atomic E-state index is 13.7. The minimum Gasteiger partial charge on any atom is -0.497 e. The Hall–Kier alpha value is -3.18. The molecule has 2 rings (SSSR count). The van der Waals surface area contributed by atoms with Crippen LogP contribution in [-0.2, 0) is 39.9 Å². The predicted octanol–water partition coefficient (Wildman–Crippen LogP) is 2.11. The molecule has 0 bridgehead atoms. The van der Waals surface area contributed by atoms with Gasteiger partial charge in [-0.05, 0) is 45.4 Å². The zero-order valence-corrected chi connectivity index (χ0v) is 21.1. The molecule has 1 aliphatic heterocycles. The summed E-state index contributed by atoms with van der Waals surface area (Å²) in [6, 6.07) is 6.78. The van der Waals surface area contributed by atoms with Crippen molar-refractivity contribution in [2.75, 3.05) is 40.8 Å². The van der Waals surface area contributed by atoms with E-state index in [2.05, 4.69) is 0 Å².